The standard InChI is InChI=1S/C14H20BClN2O/c15-14(6-4-2-1-3-5-7-14)18-12-8-13(16)17-9-11(12)10-19/h8-10H,1-7,15H2,(H,17,18). The van der Waals surface area contributed by atoms with Gasteiger partial charge in [-0.1, -0.05) is 43.7 Å². The van der Waals surface area contributed by atoms with Crippen molar-refractivity contribution in [2.24, 2.45) is 0 Å². The summed E-state index contributed by atoms with van der Waals surface area (Å²) in [4.78, 5) is 15.0. The molecule has 1 aliphatic rings. The molecule has 0 saturated heterocycles. The number of halogens is 1. The third-order valence-electron chi connectivity index (χ3n) is 3.92. The summed E-state index contributed by atoms with van der Waals surface area (Å²) in [5.41, 5.74) is 1.42. The van der Waals surface area contributed by atoms with E-state index < -0.39 is 0 Å². The zero-order valence-electron chi connectivity index (χ0n) is 11.4. The molecule has 1 aromatic rings. The van der Waals surface area contributed by atoms with Gasteiger partial charge in [-0.25, -0.2) is 4.98 Å². The molecule has 1 aromatic heterocycles. The summed E-state index contributed by atoms with van der Waals surface area (Å²) >= 11 is 5.93. The third-order valence-corrected chi connectivity index (χ3v) is 4.13. The number of hydrogen-bond acceptors (Lipinski definition) is 3. The van der Waals surface area contributed by atoms with Crippen LogP contribution >= 0.6 is 11.6 Å². The van der Waals surface area contributed by atoms with Crippen molar-refractivity contribution in [1.29, 1.82) is 0 Å². The highest BCUT2D eigenvalue weighted by Crippen LogP contribution is 2.29. The lowest BCUT2D eigenvalue weighted by molar-refractivity contribution is 0.112. The van der Waals surface area contributed by atoms with Crippen LogP contribution in [0.5, 0.6) is 0 Å². The van der Waals surface area contributed by atoms with E-state index in [1.54, 1.807) is 6.07 Å². The third kappa shape index (κ3) is 3.97. The molecule has 0 atom stereocenters. The number of hydrogen-bond donors (Lipinski definition) is 1. The molecule has 19 heavy (non-hydrogen) atoms. The van der Waals surface area contributed by atoms with Crippen LogP contribution < -0.4 is 5.32 Å². The van der Waals surface area contributed by atoms with Crippen molar-refractivity contribution >= 4 is 31.4 Å². The van der Waals surface area contributed by atoms with Crippen LogP contribution in [0.2, 0.25) is 5.15 Å². The van der Waals surface area contributed by atoms with E-state index in [0.29, 0.717) is 10.7 Å². The number of rotatable bonds is 3. The lowest BCUT2D eigenvalue weighted by Gasteiger charge is -2.34. The first-order valence-corrected chi connectivity index (χ1v) is 7.40. The summed E-state index contributed by atoms with van der Waals surface area (Å²) < 4.78 is 0. The molecule has 0 amide bonds. The van der Waals surface area contributed by atoms with E-state index in [1.165, 1.54) is 38.3 Å². The van der Waals surface area contributed by atoms with Gasteiger partial charge in [0.2, 0.25) is 0 Å². The topological polar surface area (TPSA) is 42.0 Å². The molecule has 0 bridgehead atoms. The van der Waals surface area contributed by atoms with Crippen LogP contribution in [-0.4, -0.2) is 24.6 Å². The second kappa shape index (κ2) is 6.42. The van der Waals surface area contributed by atoms with Crippen LogP contribution in [-0.2, 0) is 0 Å². The van der Waals surface area contributed by atoms with Crippen molar-refractivity contribution in [2.45, 2.75) is 50.4 Å². The Morgan fingerprint density at radius 2 is 1.89 bits per heavy atom. The fraction of sp³-hybridized carbons (Fsp3) is 0.571. The molecular weight excluding hydrogens is 258 g/mol. The van der Waals surface area contributed by atoms with Crippen molar-refractivity contribution in [2.75, 3.05) is 5.32 Å². The average Bonchev–Trinajstić information content (AvgIpc) is 2.35. The van der Waals surface area contributed by atoms with Gasteiger partial charge in [-0.2, -0.15) is 0 Å². The van der Waals surface area contributed by atoms with Crippen molar-refractivity contribution < 1.29 is 4.79 Å². The monoisotopic (exact) mass is 278 g/mol. The summed E-state index contributed by atoms with van der Waals surface area (Å²) in [6.45, 7) is 0. The molecule has 0 radical (unpaired) electrons. The van der Waals surface area contributed by atoms with Crippen LogP contribution in [0.4, 0.5) is 5.69 Å². The van der Waals surface area contributed by atoms with Gasteiger partial charge in [0.1, 0.15) is 13.0 Å². The highest BCUT2D eigenvalue weighted by atomic mass is 35.5. The summed E-state index contributed by atoms with van der Waals surface area (Å²) in [6.07, 6.45) is 11.0. The Kier molecular flexibility index (Phi) is 4.86. The smallest absolute Gasteiger partial charge is 0.153 e. The molecule has 3 nitrogen and oxygen atoms in total. The van der Waals surface area contributed by atoms with E-state index in [4.69, 9.17) is 11.6 Å². The summed E-state index contributed by atoms with van der Waals surface area (Å²) in [6, 6.07) is 1.75. The van der Waals surface area contributed by atoms with Crippen LogP contribution in [0.3, 0.4) is 0 Å². The van der Waals surface area contributed by atoms with Gasteiger partial charge in [0.05, 0.1) is 5.56 Å². The predicted octanol–water partition coefficient (Wildman–Crippen LogP) is 3.03. The normalized spacial score (nSPS) is 19.2. The van der Waals surface area contributed by atoms with Crippen LogP contribution in [0.1, 0.15) is 55.3 Å². The van der Waals surface area contributed by atoms with Gasteiger partial charge >= 0.3 is 0 Å². The number of carbonyl (C=O) groups is 1. The van der Waals surface area contributed by atoms with Crippen molar-refractivity contribution in [3.8, 4) is 0 Å². The van der Waals surface area contributed by atoms with Gasteiger partial charge in [-0.3, -0.25) is 4.79 Å². The average molecular weight is 279 g/mol. The summed E-state index contributed by atoms with van der Waals surface area (Å²) in [5, 5.41) is 3.95. The van der Waals surface area contributed by atoms with Crippen molar-refractivity contribution in [1.82, 2.24) is 4.98 Å². The number of pyridine rings is 1. The second-order valence-electron chi connectivity index (χ2n) is 5.67. The molecule has 0 spiro atoms. The van der Waals surface area contributed by atoms with E-state index in [1.807, 2.05) is 0 Å². The first-order chi connectivity index (χ1) is 9.13. The highest BCUT2D eigenvalue weighted by Gasteiger charge is 2.25. The van der Waals surface area contributed by atoms with Gasteiger partial charge in [0.15, 0.2) is 6.29 Å². The zero-order chi connectivity index (χ0) is 13.7. The van der Waals surface area contributed by atoms with Crippen LogP contribution in [0.25, 0.3) is 0 Å². The van der Waals surface area contributed by atoms with Crippen LogP contribution in [0.15, 0.2) is 12.3 Å². The molecule has 1 fully saturated rings. The lowest BCUT2D eigenvalue weighted by Crippen LogP contribution is -2.39. The van der Waals surface area contributed by atoms with Crippen LogP contribution in [0, 0.1) is 0 Å². The fourth-order valence-electron chi connectivity index (χ4n) is 2.78. The van der Waals surface area contributed by atoms with E-state index in [2.05, 4.69) is 18.1 Å². The van der Waals surface area contributed by atoms with Crippen molar-refractivity contribution in [3.05, 3.63) is 23.0 Å². The Labute approximate surface area is 120 Å². The molecule has 1 saturated carbocycles. The van der Waals surface area contributed by atoms with Gasteiger partial charge in [-0.15, -0.1) is 0 Å². The number of anilines is 1. The van der Waals surface area contributed by atoms with E-state index >= 15 is 0 Å². The minimum atomic E-state index is 0.0445. The highest BCUT2D eigenvalue weighted by molar-refractivity contribution is 6.29. The molecular formula is C14H20BClN2O. The molecule has 1 heterocycles. The minimum Gasteiger partial charge on any atom is -0.387 e. The van der Waals surface area contributed by atoms with E-state index in [9.17, 15) is 4.79 Å². The SMILES string of the molecule is BC1(Nc2cc(Cl)ncc2C=O)CCCCCCC1. The first kappa shape index (κ1) is 14.4. The molecule has 0 aromatic carbocycles. The lowest BCUT2D eigenvalue weighted by atomic mass is 9.69. The predicted molar refractivity (Wildman–Crippen MR) is 81.9 cm³/mol. The Balaban J connectivity index is 2.17. The second-order valence-corrected chi connectivity index (χ2v) is 6.05. The van der Waals surface area contributed by atoms with E-state index in [-0.39, 0.29) is 5.44 Å². The zero-order valence-corrected chi connectivity index (χ0v) is 12.2. The Hall–Kier alpha value is -1.03. The number of aromatic nitrogens is 1. The number of aldehydes is 1. The summed E-state index contributed by atoms with van der Waals surface area (Å²) in [5.74, 6) is 0. The maximum Gasteiger partial charge on any atom is 0.153 e. The molecule has 1 aliphatic carbocycles. The van der Waals surface area contributed by atoms with E-state index in [0.717, 1.165) is 24.8 Å². The van der Waals surface area contributed by atoms with Crippen molar-refractivity contribution in [3.63, 3.8) is 0 Å². The first-order valence-electron chi connectivity index (χ1n) is 7.02. The molecule has 2 rings (SSSR count). The Morgan fingerprint density at radius 1 is 1.26 bits per heavy atom. The Bertz CT molecular complexity index is 445. The molecule has 0 unspecified atom stereocenters. The summed E-state index contributed by atoms with van der Waals surface area (Å²) in [7, 11) is 2.24. The largest absolute Gasteiger partial charge is 0.387 e. The maximum absolute atomic E-state index is 11.1. The Morgan fingerprint density at radius 3 is 2.53 bits per heavy atom. The number of nitrogens with one attached hydrogen (secondary N) is 1. The fourth-order valence-corrected chi connectivity index (χ4v) is 2.94. The molecule has 102 valence electrons. The molecule has 5 heteroatoms. The van der Waals surface area contributed by atoms with Gasteiger partial charge in [-0.05, 0) is 18.9 Å². The minimum absolute atomic E-state index is 0.0445. The molecule has 1 N–H and O–H groups in total. The molecule has 0 aliphatic heterocycles. The number of nitrogens with zero attached hydrogens (tertiary/aromatic N) is 1. The van der Waals surface area contributed by atoms with Gasteiger partial charge < -0.3 is 5.32 Å². The number of carbonyl (C=O) groups excluding carboxylic acids is 1. The van der Waals surface area contributed by atoms with Gasteiger partial charge in [0, 0.05) is 17.3 Å². The quantitative estimate of drug-likeness (QED) is 0.525. The maximum atomic E-state index is 11.1. The van der Waals surface area contributed by atoms with Gasteiger partial charge in [0.25, 0.3) is 0 Å².